The number of non-ortho nitro benzene ring substituents is 1. The van der Waals surface area contributed by atoms with E-state index in [0.29, 0.717) is 18.2 Å². The standard InChI is InChI=1S/C10H12ClNO3/c11-6-1-2-7-15-10-5-3-4-9(8-10)12(13)14/h3-5,8H,1-2,6-7H2. The lowest BCUT2D eigenvalue weighted by Crippen LogP contribution is -1.98. The smallest absolute Gasteiger partial charge is 0.273 e. The van der Waals surface area contributed by atoms with Gasteiger partial charge in [0.2, 0.25) is 0 Å². The van der Waals surface area contributed by atoms with Crippen molar-refractivity contribution in [2.24, 2.45) is 0 Å². The third-order valence-corrected chi connectivity index (χ3v) is 2.09. The Morgan fingerprint density at radius 2 is 2.20 bits per heavy atom. The van der Waals surface area contributed by atoms with Crippen molar-refractivity contribution in [2.45, 2.75) is 12.8 Å². The van der Waals surface area contributed by atoms with Gasteiger partial charge < -0.3 is 4.74 Å². The van der Waals surface area contributed by atoms with Crippen LogP contribution in [0, 0.1) is 10.1 Å². The molecule has 1 rings (SSSR count). The molecule has 82 valence electrons. The topological polar surface area (TPSA) is 52.4 Å². The van der Waals surface area contributed by atoms with Crippen molar-refractivity contribution in [1.29, 1.82) is 0 Å². The number of nitro groups is 1. The highest BCUT2D eigenvalue weighted by molar-refractivity contribution is 6.17. The van der Waals surface area contributed by atoms with Crippen molar-refractivity contribution in [3.8, 4) is 5.75 Å². The second-order valence-corrected chi connectivity index (χ2v) is 3.38. The van der Waals surface area contributed by atoms with Crippen LogP contribution in [0.15, 0.2) is 24.3 Å². The van der Waals surface area contributed by atoms with Crippen molar-refractivity contribution in [3.05, 3.63) is 34.4 Å². The van der Waals surface area contributed by atoms with Gasteiger partial charge in [-0.05, 0) is 18.9 Å². The number of halogens is 1. The fourth-order valence-electron chi connectivity index (χ4n) is 1.07. The predicted molar refractivity (Wildman–Crippen MR) is 58.5 cm³/mol. The van der Waals surface area contributed by atoms with E-state index >= 15 is 0 Å². The molecule has 0 amide bonds. The molecule has 0 aliphatic carbocycles. The second kappa shape index (κ2) is 6.24. The highest BCUT2D eigenvalue weighted by Crippen LogP contribution is 2.19. The first-order valence-corrected chi connectivity index (χ1v) is 5.20. The number of benzene rings is 1. The third kappa shape index (κ3) is 4.16. The summed E-state index contributed by atoms with van der Waals surface area (Å²) in [7, 11) is 0. The summed E-state index contributed by atoms with van der Waals surface area (Å²) in [5, 5.41) is 10.5. The fourth-order valence-corrected chi connectivity index (χ4v) is 1.26. The van der Waals surface area contributed by atoms with E-state index < -0.39 is 4.92 Å². The molecule has 0 fully saturated rings. The van der Waals surface area contributed by atoms with Crippen molar-refractivity contribution >= 4 is 17.3 Å². The van der Waals surface area contributed by atoms with Crippen LogP contribution in [-0.2, 0) is 0 Å². The molecule has 15 heavy (non-hydrogen) atoms. The van der Waals surface area contributed by atoms with Gasteiger partial charge in [0.25, 0.3) is 5.69 Å². The molecule has 0 unspecified atom stereocenters. The number of ether oxygens (including phenoxy) is 1. The summed E-state index contributed by atoms with van der Waals surface area (Å²) in [6.45, 7) is 0.536. The summed E-state index contributed by atoms with van der Waals surface area (Å²) >= 11 is 5.51. The number of nitrogens with zero attached hydrogens (tertiary/aromatic N) is 1. The molecule has 1 aromatic rings. The summed E-state index contributed by atoms with van der Waals surface area (Å²) in [5.74, 6) is 1.14. The summed E-state index contributed by atoms with van der Waals surface area (Å²) < 4.78 is 5.34. The largest absolute Gasteiger partial charge is 0.493 e. The molecule has 0 bridgehead atoms. The molecule has 1 aromatic carbocycles. The van der Waals surface area contributed by atoms with Gasteiger partial charge in [-0.2, -0.15) is 0 Å². The Hall–Kier alpha value is -1.29. The van der Waals surface area contributed by atoms with Crippen molar-refractivity contribution in [3.63, 3.8) is 0 Å². The quantitative estimate of drug-likeness (QED) is 0.326. The Bertz CT molecular complexity index is 330. The molecule has 0 aliphatic rings. The average Bonchev–Trinajstić information content (AvgIpc) is 2.25. The second-order valence-electron chi connectivity index (χ2n) is 3.00. The third-order valence-electron chi connectivity index (χ3n) is 1.83. The fraction of sp³-hybridized carbons (Fsp3) is 0.400. The highest BCUT2D eigenvalue weighted by atomic mass is 35.5. The number of rotatable bonds is 6. The molecular weight excluding hydrogens is 218 g/mol. The number of alkyl halides is 1. The van der Waals surface area contributed by atoms with Crippen molar-refractivity contribution in [2.75, 3.05) is 12.5 Å². The summed E-state index contributed by atoms with van der Waals surface area (Å²) in [6, 6.07) is 6.16. The first-order valence-electron chi connectivity index (χ1n) is 4.67. The molecule has 0 aromatic heterocycles. The Kier molecular flexibility index (Phi) is 4.90. The van der Waals surface area contributed by atoms with Crippen LogP contribution in [-0.4, -0.2) is 17.4 Å². The van der Waals surface area contributed by atoms with Crippen LogP contribution in [0.3, 0.4) is 0 Å². The van der Waals surface area contributed by atoms with Gasteiger partial charge >= 0.3 is 0 Å². The van der Waals surface area contributed by atoms with Crippen LogP contribution < -0.4 is 4.74 Å². The van der Waals surface area contributed by atoms with Gasteiger partial charge in [-0.15, -0.1) is 11.6 Å². The van der Waals surface area contributed by atoms with E-state index in [0.717, 1.165) is 12.8 Å². The summed E-state index contributed by atoms with van der Waals surface area (Å²) in [6.07, 6.45) is 1.74. The zero-order chi connectivity index (χ0) is 11.1. The molecular formula is C10H12ClNO3. The summed E-state index contributed by atoms with van der Waals surface area (Å²) in [5.41, 5.74) is 0.0462. The molecule has 5 heteroatoms. The maximum Gasteiger partial charge on any atom is 0.273 e. The van der Waals surface area contributed by atoms with Crippen LogP contribution in [0.4, 0.5) is 5.69 Å². The lowest BCUT2D eigenvalue weighted by Gasteiger charge is -2.04. The van der Waals surface area contributed by atoms with Crippen molar-refractivity contribution in [1.82, 2.24) is 0 Å². The van der Waals surface area contributed by atoms with Crippen LogP contribution >= 0.6 is 11.6 Å². The van der Waals surface area contributed by atoms with Gasteiger partial charge in [-0.1, -0.05) is 6.07 Å². The molecule has 0 saturated carbocycles. The van der Waals surface area contributed by atoms with Gasteiger partial charge in [0.15, 0.2) is 0 Å². The number of hydrogen-bond acceptors (Lipinski definition) is 3. The molecule has 0 atom stereocenters. The van der Waals surface area contributed by atoms with E-state index in [4.69, 9.17) is 16.3 Å². The zero-order valence-electron chi connectivity index (χ0n) is 8.19. The molecule has 0 aliphatic heterocycles. The monoisotopic (exact) mass is 229 g/mol. The van der Waals surface area contributed by atoms with E-state index in [1.165, 1.54) is 12.1 Å². The van der Waals surface area contributed by atoms with E-state index in [1.807, 2.05) is 0 Å². The Morgan fingerprint density at radius 1 is 1.40 bits per heavy atom. The first kappa shape index (κ1) is 11.8. The Labute approximate surface area is 93.0 Å². The van der Waals surface area contributed by atoms with E-state index in [1.54, 1.807) is 12.1 Å². The molecule has 0 N–H and O–H groups in total. The zero-order valence-corrected chi connectivity index (χ0v) is 8.94. The minimum absolute atomic E-state index is 0.0462. The van der Waals surface area contributed by atoms with Crippen molar-refractivity contribution < 1.29 is 9.66 Å². The molecule has 0 saturated heterocycles. The molecule has 0 heterocycles. The van der Waals surface area contributed by atoms with Crippen LogP contribution in [0.1, 0.15) is 12.8 Å². The first-order chi connectivity index (χ1) is 7.24. The SMILES string of the molecule is O=[N+]([O-])c1cccc(OCCCCCl)c1. The predicted octanol–water partition coefficient (Wildman–Crippen LogP) is 2.99. The van der Waals surface area contributed by atoms with Crippen LogP contribution in [0.5, 0.6) is 5.75 Å². The maximum atomic E-state index is 10.5. The minimum Gasteiger partial charge on any atom is -0.493 e. The molecule has 4 nitrogen and oxygen atoms in total. The average molecular weight is 230 g/mol. The van der Waals surface area contributed by atoms with Gasteiger partial charge in [-0.3, -0.25) is 10.1 Å². The molecule has 0 radical (unpaired) electrons. The lowest BCUT2D eigenvalue weighted by molar-refractivity contribution is -0.384. The number of unbranched alkanes of at least 4 members (excludes halogenated alkanes) is 1. The summed E-state index contributed by atoms with van der Waals surface area (Å²) in [4.78, 5) is 10.0. The van der Waals surface area contributed by atoms with E-state index in [2.05, 4.69) is 0 Å². The number of hydrogen-bond donors (Lipinski definition) is 0. The minimum atomic E-state index is -0.439. The van der Waals surface area contributed by atoms with Gasteiger partial charge in [0, 0.05) is 11.9 Å². The lowest BCUT2D eigenvalue weighted by atomic mass is 10.3. The van der Waals surface area contributed by atoms with Gasteiger partial charge in [0.1, 0.15) is 5.75 Å². The van der Waals surface area contributed by atoms with E-state index in [-0.39, 0.29) is 5.69 Å². The number of nitro benzene ring substituents is 1. The Balaban J connectivity index is 2.47. The van der Waals surface area contributed by atoms with Crippen LogP contribution in [0.2, 0.25) is 0 Å². The normalized spacial score (nSPS) is 9.93. The van der Waals surface area contributed by atoms with E-state index in [9.17, 15) is 10.1 Å². The molecule has 0 spiro atoms. The van der Waals surface area contributed by atoms with Gasteiger partial charge in [-0.25, -0.2) is 0 Å². The van der Waals surface area contributed by atoms with Gasteiger partial charge in [0.05, 0.1) is 17.6 Å². The Morgan fingerprint density at radius 3 is 2.87 bits per heavy atom. The maximum absolute atomic E-state index is 10.5. The van der Waals surface area contributed by atoms with Crippen LogP contribution in [0.25, 0.3) is 0 Å². The highest BCUT2D eigenvalue weighted by Gasteiger charge is 2.05.